The third kappa shape index (κ3) is 5.27. The first kappa shape index (κ1) is 17.4. The standard InChI is InChI=1S/C21H17FN2O2/c22-18-11-9-16(10-12-18)14-21(25)24-23-15-17-5-4-8-20(13-17)26-19-6-2-1-3-7-19/h1-13,15H,14H2,(H,24,25)/b23-15-. The van der Waals surface area contributed by atoms with Crippen molar-refractivity contribution < 1.29 is 13.9 Å². The average Bonchev–Trinajstić information content (AvgIpc) is 2.65. The molecule has 26 heavy (non-hydrogen) atoms. The van der Waals surface area contributed by atoms with Crippen LogP contribution >= 0.6 is 0 Å². The number of carbonyl (C=O) groups excluding carboxylic acids is 1. The summed E-state index contributed by atoms with van der Waals surface area (Å²) < 4.78 is 18.6. The van der Waals surface area contributed by atoms with Gasteiger partial charge in [-0.3, -0.25) is 4.79 Å². The summed E-state index contributed by atoms with van der Waals surface area (Å²) in [7, 11) is 0. The molecule has 0 atom stereocenters. The van der Waals surface area contributed by atoms with Crippen LogP contribution in [0.4, 0.5) is 4.39 Å². The number of hydrogen-bond acceptors (Lipinski definition) is 3. The summed E-state index contributed by atoms with van der Waals surface area (Å²) in [6.45, 7) is 0. The first-order chi connectivity index (χ1) is 12.7. The summed E-state index contributed by atoms with van der Waals surface area (Å²) in [6, 6.07) is 22.6. The maximum Gasteiger partial charge on any atom is 0.244 e. The highest BCUT2D eigenvalue weighted by Gasteiger charge is 2.02. The SMILES string of the molecule is O=C(Cc1ccc(F)cc1)N/N=C\c1cccc(Oc2ccccc2)c1. The number of nitrogens with one attached hydrogen (secondary N) is 1. The van der Waals surface area contributed by atoms with Crippen molar-refractivity contribution in [2.75, 3.05) is 0 Å². The van der Waals surface area contributed by atoms with Crippen molar-refractivity contribution in [1.82, 2.24) is 5.43 Å². The summed E-state index contributed by atoms with van der Waals surface area (Å²) in [5.41, 5.74) is 3.97. The molecular weight excluding hydrogens is 331 g/mol. The van der Waals surface area contributed by atoms with Gasteiger partial charge < -0.3 is 4.74 Å². The molecule has 0 aliphatic carbocycles. The van der Waals surface area contributed by atoms with Gasteiger partial charge in [-0.15, -0.1) is 0 Å². The number of hydrogen-bond donors (Lipinski definition) is 1. The Morgan fingerprint density at radius 1 is 0.962 bits per heavy atom. The molecular formula is C21H17FN2O2. The molecule has 3 aromatic carbocycles. The van der Waals surface area contributed by atoms with Gasteiger partial charge in [-0.2, -0.15) is 5.10 Å². The van der Waals surface area contributed by atoms with Gasteiger partial charge in [-0.1, -0.05) is 42.5 Å². The number of para-hydroxylation sites is 1. The van der Waals surface area contributed by atoms with Gasteiger partial charge in [-0.25, -0.2) is 9.82 Å². The largest absolute Gasteiger partial charge is 0.457 e. The monoisotopic (exact) mass is 348 g/mol. The lowest BCUT2D eigenvalue weighted by Crippen LogP contribution is -2.19. The highest BCUT2D eigenvalue weighted by Crippen LogP contribution is 2.21. The molecule has 1 amide bonds. The van der Waals surface area contributed by atoms with E-state index in [-0.39, 0.29) is 18.1 Å². The van der Waals surface area contributed by atoms with Crippen LogP contribution in [0.5, 0.6) is 11.5 Å². The molecule has 0 fully saturated rings. The molecule has 0 saturated carbocycles. The van der Waals surface area contributed by atoms with E-state index < -0.39 is 0 Å². The minimum atomic E-state index is -0.329. The van der Waals surface area contributed by atoms with Gasteiger partial charge in [0.15, 0.2) is 0 Å². The second kappa shape index (κ2) is 8.58. The predicted octanol–water partition coefficient (Wildman–Crippen LogP) is 4.31. The van der Waals surface area contributed by atoms with E-state index in [1.165, 1.54) is 12.1 Å². The zero-order chi connectivity index (χ0) is 18.2. The molecule has 3 rings (SSSR count). The van der Waals surface area contributed by atoms with Crippen molar-refractivity contribution in [3.8, 4) is 11.5 Å². The van der Waals surface area contributed by atoms with Crippen LogP contribution in [-0.4, -0.2) is 12.1 Å². The number of hydrazone groups is 1. The van der Waals surface area contributed by atoms with E-state index in [1.807, 2.05) is 54.6 Å². The van der Waals surface area contributed by atoms with Crippen molar-refractivity contribution in [1.29, 1.82) is 0 Å². The second-order valence-corrected chi connectivity index (χ2v) is 5.58. The Balaban J connectivity index is 1.55. The highest BCUT2D eigenvalue weighted by molar-refractivity contribution is 5.83. The average molecular weight is 348 g/mol. The Hall–Kier alpha value is -3.47. The van der Waals surface area contributed by atoms with Crippen molar-refractivity contribution >= 4 is 12.1 Å². The number of carbonyl (C=O) groups is 1. The van der Waals surface area contributed by atoms with E-state index in [4.69, 9.17) is 4.74 Å². The summed E-state index contributed by atoms with van der Waals surface area (Å²) in [4.78, 5) is 11.9. The zero-order valence-electron chi connectivity index (χ0n) is 13.9. The van der Waals surface area contributed by atoms with Crippen LogP contribution in [-0.2, 0) is 11.2 Å². The van der Waals surface area contributed by atoms with Gasteiger partial charge in [0.05, 0.1) is 12.6 Å². The Labute approximate surface area is 150 Å². The lowest BCUT2D eigenvalue weighted by molar-refractivity contribution is -0.120. The van der Waals surface area contributed by atoms with Crippen LogP contribution in [0.2, 0.25) is 0 Å². The van der Waals surface area contributed by atoms with Crippen LogP contribution in [0.1, 0.15) is 11.1 Å². The maximum absolute atomic E-state index is 12.9. The van der Waals surface area contributed by atoms with Gasteiger partial charge in [0.2, 0.25) is 5.91 Å². The molecule has 0 saturated heterocycles. The van der Waals surface area contributed by atoms with E-state index in [0.717, 1.165) is 16.9 Å². The summed E-state index contributed by atoms with van der Waals surface area (Å²) in [5.74, 6) is 0.821. The number of ether oxygens (including phenoxy) is 1. The molecule has 1 N–H and O–H groups in total. The van der Waals surface area contributed by atoms with Crippen LogP contribution in [0, 0.1) is 5.82 Å². The topological polar surface area (TPSA) is 50.7 Å². The molecule has 0 heterocycles. The number of rotatable bonds is 6. The van der Waals surface area contributed by atoms with Gasteiger partial charge >= 0.3 is 0 Å². The molecule has 0 unspecified atom stereocenters. The van der Waals surface area contributed by atoms with Gasteiger partial charge in [0, 0.05) is 0 Å². The lowest BCUT2D eigenvalue weighted by Gasteiger charge is -2.05. The minimum Gasteiger partial charge on any atom is -0.457 e. The van der Waals surface area contributed by atoms with Crippen LogP contribution in [0.25, 0.3) is 0 Å². The molecule has 0 aliphatic rings. The quantitative estimate of drug-likeness (QED) is 0.533. The van der Waals surface area contributed by atoms with Crippen molar-refractivity contribution in [2.45, 2.75) is 6.42 Å². The number of benzene rings is 3. The summed E-state index contributed by atoms with van der Waals surface area (Å²) in [6.07, 6.45) is 1.68. The Kier molecular flexibility index (Phi) is 5.72. The number of amides is 1. The molecule has 0 spiro atoms. The van der Waals surface area contributed by atoms with Crippen LogP contribution in [0.3, 0.4) is 0 Å². The van der Waals surface area contributed by atoms with Crippen molar-refractivity contribution in [2.24, 2.45) is 5.10 Å². The smallest absolute Gasteiger partial charge is 0.244 e. The molecule has 0 aliphatic heterocycles. The van der Waals surface area contributed by atoms with Crippen molar-refractivity contribution in [3.05, 3.63) is 95.8 Å². The minimum absolute atomic E-state index is 0.134. The summed E-state index contributed by atoms with van der Waals surface area (Å²) >= 11 is 0. The third-order valence-electron chi connectivity index (χ3n) is 3.52. The maximum atomic E-state index is 12.9. The second-order valence-electron chi connectivity index (χ2n) is 5.58. The zero-order valence-corrected chi connectivity index (χ0v) is 13.9. The molecule has 0 bridgehead atoms. The molecule has 4 nitrogen and oxygen atoms in total. The molecule has 3 aromatic rings. The van der Waals surface area contributed by atoms with Crippen molar-refractivity contribution in [3.63, 3.8) is 0 Å². The number of nitrogens with zero attached hydrogens (tertiary/aromatic N) is 1. The van der Waals surface area contributed by atoms with E-state index >= 15 is 0 Å². The van der Waals surface area contributed by atoms with E-state index in [9.17, 15) is 9.18 Å². The van der Waals surface area contributed by atoms with E-state index in [1.54, 1.807) is 18.3 Å². The van der Waals surface area contributed by atoms with E-state index in [0.29, 0.717) is 5.75 Å². The third-order valence-corrected chi connectivity index (χ3v) is 3.52. The molecule has 5 heteroatoms. The first-order valence-corrected chi connectivity index (χ1v) is 8.08. The predicted molar refractivity (Wildman–Crippen MR) is 98.8 cm³/mol. The highest BCUT2D eigenvalue weighted by atomic mass is 19.1. The molecule has 0 radical (unpaired) electrons. The molecule has 130 valence electrons. The molecule has 0 aromatic heterocycles. The Morgan fingerprint density at radius 3 is 2.46 bits per heavy atom. The van der Waals surface area contributed by atoms with Crippen LogP contribution < -0.4 is 10.2 Å². The first-order valence-electron chi connectivity index (χ1n) is 8.08. The number of halogens is 1. The van der Waals surface area contributed by atoms with Gasteiger partial charge in [0.1, 0.15) is 17.3 Å². The lowest BCUT2D eigenvalue weighted by atomic mass is 10.1. The Morgan fingerprint density at radius 2 is 1.69 bits per heavy atom. The fourth-order valence-electron chi connectivity index (χ4n) is 2.29. The van der Waals surface area contributed by atoms with Gasteiger partial charge in [-0.05, 0) is 47.5 Å². The normalized spacial score (nSPS) is 10.7. The Bertz CT molecular complexity index is 893. The van der Waals surface area contributed by atoms with E-state index in [2.05, 4.69) is 10.5 Å². The fraction of sp³-hybridized carbons (Fsp3) is 0.0476. The summed E-state index contributed by atoms with van der Waals surface area (Å²) in [5, 5.41) is 3.95. The van der Waals surface area contributed by atoms with Crippen LogP contribution in [0.15, 0.2) is 84.0 Å². The van der Waals surface area contributed by atoms with Gasteiger partial charge in [0.25, 0.3) is 0 Å². The fourth-order valence-corrected chi connectivity index (χ4v) is 2.29.